The molecule has 0 spiro atoms. The molecule has 1 aromatic heterocycles. The number of hydrogen-bond acceptors (Lipinski definition) is 6. The van der Waals surface area contributed by atoms with Gasteiger partial charge in [-0.15, -0.1) is 15.0 Å². The third-order valence-electron chi connectivity index (χ3n) is 2.19. The van der Waals surface area contributed by atoms with Crippen molar-refractivity contribution in [1.29, 1.82) is 0 Å². The van der Waals surface area contributed by atoms with E-state index in [1.807, 2.05) is 0 Å². The molecule has 0 saturated heterocycles. The Morgan fingerprint density at radius 1 is 1.42 bits per heavy atom. The van der Waals surface area contributed by atoms with Crippen LogP contribution in [-0.2, 0) is 4.74 Å². The summed E-state index contributed by atoms with van der Waals surface area (Å²) in [6.07, 6.45) is 0. The van der Waals surface area contributed by atoms with Gasteiger partial charge in [0.05, 0.1) is 18.4 Å². The molecule has 1 heterocycles. The van der Waals surface area contributed by atoms with Crippen molar-refractivity contribution in [1.82, 2.24) is 20.2 Å². The number of nitrogens with zero attached hydrogens (tertiary/aromatic N) is 4. The molecule has 98 valence electrons. The number of carboxylic acids is 1. The van der Waals surface area contributed by atoms with Crippen molar-refractivity contribution >= 4 is 11.9 Å². The van der Waals surface area contributed by atoms with Crippen molar-refractivity contribution in [3.8, 4) is 5.69 Å². The molecule has 0 radical (unpaired) electrons. The number of esters is 1. The number of carbonyl (C=O) groups excluding carboxylic acids is 1. The lowest BCUT2D eigenvalue weighted by molar-refractivity contribution is 0.0594. The van der Waals surface area contributed by atoms with Crippen molar-refractivity contribution in [2.24, 2.45) is 0 Å². The van der Waals surface area contributed by atoms with E-state index in [4.69, 9.17) is 5.11 Å². The smallest absolute Gasteiger partial charge is 0.377 e. The molecule has 0 atom stereocenters. The van der Waals surface area contributed by atoms with Gasteiger partial charge in [0.1, 0.15) is 5.82 Å². The molecule has 0 unspecified atom stereocenters. The summed E-state index contributed by atoms with van der Waals surface area (Å²) in [7, 11) is 1.13. The number of rotatable bonds is 3. The molecule has 0 aliphatic carbocycles. The minimum Gasteiger partial charge on any atom is -0.475 e. The van der Waals surface area contributed by atoms with E-state index >= 15 is 0 Å². The maximum atomic E-state index is 13.6. The minimum absolute atomic E-state index is 0.130. The highest BCUT2D eigenvalue weighted by Gasteiger charge is 2.15. The normalized spacial score (nSPS) is 10.2. The first kappa shape index (κ1) is 12.6. The summed E-state index contributed by atoms with van der Waals surface area (Å²) in [5.41, 5.74) is -0.116. The lowest BCUT2D eigenvalue weighted by Gasteiger charge is -2.03. The van der Waals surface area contributed by atoms with Crippen LogP contribution < -0.4 is 0 Å². The SMILES string of the molecule is COC(=O)c1ccc(-n2nnc(C(=O)O)n2)cc1F. The Balaban J connectivity index is 2.38. The lowest BCUT2D eigenvalue weighted by atomic mass is 10.2. The highest BCUT2D eigenvalue weighted by atomic mass is 19.1. The Bertz CT molecular complexity index is 655. The number of tetrazole rings is 1. The van der Waals surface area contributed by atoms with E-state index in [9.17, 15) is 14.0 Å². The number of aromatic carboxylic acids is 1. The summed E-state index contributed by atoms with van der Waals surface area (Å²) in [5, 5.41) is 18.9. The van der Waals surface area contributed by atoms with Crippen molar-refractivity contribution in [3.05, 3.63) is 35.4 Å². The van der Waals surface area contributed by atoms with E-state index in [0.29, 0.717) is 0 Å². The molecule has 2 rings (SSSR count). The third kappa shape index (κ3) is 2.39. The topological polar surface area (TPSA) is 107 Å². The highest BCUT2D eigenvalue weighted by Crippen LogP contribution is 2.13. The van der Waals surface area contributed by atoms with Gasteiger partial charge in [0.15, 0.2) is 0 Å². The van der Waals surface area contributed by atoms with E-state index in [0.717, 1.165) is 18.0 Å². The molecule has 1 N–H and O–H groups in total. The monoisotopic (exact) mass is 266 g/mol. The number of benzene rings is 1. The summed E-state index contributed by atoms with van der Waals surface area (Å²) < 4.78 is 18.0. The molecule has 2 aromatic rings. The van der Waals surface area contributed by atoms with Gasteiger partial charge in [0, 0.05) is 6.07 Å². The zero-order valence-electron chi connectivity index (χ0n) is 9.57. The lowest BCUT2D eigenvalue weighted by Crippen LogP contribution is -2.07. The average molecular weight is 266 g/mol. The van der Waals surface area contributed by atoms with Crippen LogP contribution >= 0.6 is 0 Å². The van der Waals surface area contributed by atoms with Crippen molar-refractivity contribution in [3.63, 3.8) is 0 Å². The number of aromatic nitrogens is 4. The molecule has 0 aliphatic heterocycles. The zero-order chi connectivity index (χ0) is 14.0. The fraction of sp³-hybridized carbons (Fsp3) is 0.100. The largest absolute Gasteiger partial charge is 0.475 e. The first-order valence-corrected chi connectivity index (χ1v) is 4.94. The Hall–Kier alpha value is -2.84. The van der Waals surface area contributed by atoms with E-state index in [1.165, 1.54) is 12.1 Å². The molecule has 19 heavy (non-hydrogen) atoms. The molecular weight excluding hydrogens is 259 g/mol. The van der Waals surface area contributed by atoms with Crippen LogP contribution in [0, 0.1) is 5.82 Å². The second kappa shape index (κ2) is 4.80. The number of methoxy groups -OCH3 is 1. The van der Waals surface area contributed by atoms with Crippen LogP contribution in [0.3, 0.4) is 0 Å². The predicted octanol–water partition coefficient (Wildman–Crippen LogP) is 0.286. The maximum absolute atomic E-state index is 13.6. The van der Waals surface area contributed by atoms with Gasteiger partial charge >= 0.3 is 11.9 Å². The minimum atomic E-state index is -1.35. The van der Waals surface area contributed by atoms with Gasteiger partial charge in [-0.3, -0.25) is 0 Å². The number of hydrogen-bond donors (Lipinski definition) is 1. The van der Waals surface area contributed by atoms with E-state index in [-0.39, 0.29) is 11.3 Å². The van der Waals surface area contributed by atoms with Gasteiger partial charge in [-0.25, -0.2) is 14.0 Å². The standard InChI is InChI=1S/C10H7FN4O4/c1-19-10(18)6-3-2-5(4-7(6)11)15-13-8(9(16)17)12-14-15/h2-4H,1H3,(H,16,17). The van der Waals surface area contributed by atoms with Crippen molar-refractivity contribution in [2.75, 3.05) is 7.11 Å². The summed E-state index contributed by atoms with van der Waals surface area (Å²) >= 11 is 0. The molecule has 0 bridgehead atoms. The number of carbonyl (C=O) groups is 2. The van der Waals surface area contributed by atoms with Crippen LogP contribution in [0.25, 0.3) is 5.69 Å². The first-order chi connectivity index (χ1) is 9.02. The number of halogens is 1. The zero-order valence-corrected chi connectivity index (χ0v) is 9.57. The molecular formula is C10H7FN4O4. The van der Waals surface area contributed by atoms with Crippen LogP contribution in [0.4, 0.5) is 4.39 Å². The van der Waals surface area contributed by atoms with Crippen LogP contribution in [0.5, 0.6) is 0 Å². The molecule has 1 aromatic carbocycles. The van der Waals surface area contributed by atoms with E-state index < -0.39 is 23.6 Å². The van der Waals surface area contributed by atoms with Gasteiger partial charge in [-0.05, 0) is 17.3 Å². The molecule has 0 fully saturated rings. The summed E-state index contributed by atoms with van der Waals surface area (Å²) in [5.74, 6) is -3.52. The van der Waals surface area contributed by atoms with Crippen LogP contribution in [0.1, 0.15) is 21.0 Å². The average Bonchev–Trinajstić information content (AvgIpc) is 2.87. The second-order valence-electron chi connectivity index (χ2n) is 3.36. The third-order valence-corrected chi connectivity index (χ3v) is 2.19. The quantitative estimate of drug-likeness (QED) is 0.795. The highest BCUT2D eigenvalue weighted by molar-refractivity contribution is 5.89. The predicted molar refractivity (Wildman–Crippen MR) is 57.4 cm³/mol. The van der Waals surface area contributed by atoms with Gasteiger partial charge in [-0.1, -0.05) is 0 Å². The molecule has 0 aliphatic rings. The summed E-state index contributed by atoms with van der Waals surface area (Å²) in [4.78, 5) is 22.6. The maximum Gasteiger partial charge on any atom is 0.377 e. The Labute approximate surface area is 105 Å². The number of carboxylic acid groups (broad SMARTS) is 1. The van der Waals surface area contributed by atoms with Gasteiger partial charge in [0.2, 0.25) is 0 Å². The van der Waals surface area contributed by atoms with E-state index in [2.05, 4.69) is 20.1 Å². The Morgan fingerprint density at radius 2 is 2.16 bits per heavy atom. The van der Waals surface area contributed by atoms with Crippen LogP contribution in [0.15, 0.2) is 18.2 Å². The van der Waals surface area contributed by atoms with Crippen LogP contribution in [0.2, 0.25) is 0 Å². The second-order valence-corrected chi connectivity index (χ2v) is 3.36. The van der Waals surface area contributed by atoms with Gasteiger partial charge < -0.3 is 9.84 Å². The number of ether oxygens (including phenoxy) is 1. The summed E-state index contributed by atoms with van der Waals surface area (Å²) in [6, 6.07) is 3.49. The fourth-order valence-corrected chi connectivity index (χ4v) is 1.31. The Morgan fingerprint density at radius 3 is 2.68 bits per heavy atom. The Kier molecular flexibility index (Phi) is 3.19. The molecule has 0 saturated carbocycles. The van der Waals surface area contributed by atoms with Crippen molar-refractivity contribution < 1.29 is 23.8 Å². The van der Waals surface area contributed by atoms with Gasteiger partial charge in [-0.2, -0.15) is 0 Å². The van der Waals surface area contributed by atoms with Crippen LogP contribution in [-0.4, -0.2) is 44.4 Å². The molecule has 0 amide bonds. The van der Waals surface area contributed by atoms with E-state index in [1.54, 1.807) is 0 Å². The molecule has 8 nitrogen and oxygen atoms in total. The van der Waals surface area contributed by atoms with Crippen molar-refractivity contribution in [2.45, 2.75) is 0 Å². The summed E-state index contributed by atoms with van der Waals surface area (Å²) in [6.45, 7) is 0. The first-order valence-electron chi connectivity index (χ1n) is 4.94. The van der Waals surface area contributed by atoms with Gasteiger partial charge in [0.25, 0.3) is 5.82 Å². The molecule has 9 heteroatoms. The fourth-order valence-electron chi connectivity index (χ4n) is 1.31.